The van der Waals surface area contributed by atoms with Crippen LogP contribution in [0, 0.1) is 0 Å². The zero-order chi connectivity index (χ0) is 21.2. The Kier molecular flexibility index (Phi) is 5.59. The second-order valence-corrected chi connectivity index (χ2v) is 8.14. The van der Waals surface area contributed by atoms with Gasteiger partial charge < -0.3 is 29.4 Å². The van der Waals surface area contributed by atoms with Crippen LogP contribution in [0.5, 0.6) is 0 Å². The minimum atomic E-state index is -0.0375. The van der Waals surface area contributed by atoms with Gasteiger partial charge in [0.2, 0.25) is 5.95 Å². The molecule has 2 aliphatic heterocycles. The van der Waals surface area contributed by atoms with Crippen molar-refractivity contribution in [2.75, 3.05) is 37.5 Å². The Hall–Kier alpha value is -2.94. The molecule has 0 bridgehead atoms. The molecule has 162 valence electrons. The van der Waals surface area contributed by atoms with E-state index < -0.39 is 0 Å². The van der Waals surface area contributed by atoms with Gasteiger partial charge in [0.05, 0.1) is 31.6 Å². The highest BCUT2D eigenvalue weighted by Gasteiger charge is 2.47. The molecule has 4 heterocycles. The lowest BCUT2D eigenvalue weighted by molar-refractivity contribution is 0.0675. The molecule has 1 aromatic carbocycles. The standard InChI is InChI=1S/C23H27N5O3/c1-28(2)16-7-5-15(6-8-16)12-25-18-13-30-22-19(14-31-21(18)22)27-23-24-10-9-17(26-23)20-4-3-11-29-20/h3-11,18-19,21-22,25H,12-14H2,1-2H3,(H,24,26,27)/t18-,19-,21+,22+/m0/s1. The van der Waals surface area contributed by atoms with Crippen LogP contribution in [0.4, 0.5) is 11.6 Å². The molecule has 2 aliphatic rings. The fourth-order valence-electron chi connectivity index (χ4n) is 4.11. The lowest BCUT2D eigenvalue weighted by atomic mass is 10.1. The van der Waals surface area contributed by atoms with Crippen LogP contribution in [0.25, 0.3) is 11.5 Å². The van der Waals surface area contributed by atoms with Gasteiger partial charge in [-0.05, 0) is 35.9 Å². The van der Waals surface area contributed by atoms with Gasteiger partial charge in [-0.25, -0.2) is 9.97 Å². The number of aromatic nitrogens is 2. The smallest absolute Gasteiger partial charge is 0.223 e. The van der Waals surface area contributed by atoms with Crippen LogP contribution >= 0.6 is 0 Å². The zero-order valence-corrected chi connectivity index (χ0v) is 17.7. The fraction of sp³-hybridized carbons (Fsp3) is 0.391. The van der Waals surface area contributed by atoms with Gasteiger partial charge in [0, 0.05) is 32.5 Å². The molecule has 0 aliphatic carbocycles. The molecule has 0 radical (unpaired) electrons. The molecule has 8 nitrogen and oxygen atoms in total. The molecule has 0 amide bonds. The van der Waals surface area contributed by atoms with E-state index in [0.29, 0.717) is 24.9 Å². The Labute approximate surface area is 181 Å². The topological polar surface area (TPSA) is 84.7 Å². The number of furan rings is 1. The van der Waals surface area contributed by atoms with E-state index >= 15 is 0 Å². The summed E-state index contributed by atoms with van der Waals surface area (Å²) in [5.41, 5.74) is 3.18. The van der Waals surface area contributed by atoms with Gasteiger partial charge in [-0.3, -0.25) is 0 Å². The molecule has 5 rings (SSSR count). The first-order valence-electron chi connectivity index (χ1n) is 10.5. The normalized spacial score (nSPS) is 24.8. The summed E-state index contributed by atoms with van der Waals surface area (Å²) in [5.74, 6) is 1.26. The van der Waals surface area contributed by atoms with Crippen molar-refractivity contribution in [3.8, 4) is 11.5 Å². The molecule has 31 heavy (non-hydrogen) atoms. The van der Waals surface area contributed by atoms with E-state index in [1.807, 2.05) is 32.3 Å². The van der Waals surface area contributed by atoms with Gasteiger partial charge in [-0.2, -0.15) is 0 Å². The fourth-order valence-corrected chi connectivity index (χ4v) is 4.11. The van der Waals surface area contributed by atoms with Crippen LogP contribution in [0.15, 0.2) is 59.3 Å². The first-order valence-corrected chi connectivity index (χ1v) is 10.5. The second kappa shape index (κ2) is 8.66. The third-order valence-electron chi connectivity index (χ3n) is 5.82. The quantitative estimate of drug-likeness (QED) is 0.602. The summed E-state index contributed by atoms with van der Waals surface area (Å²) >= 11 is 0. The maximum atomic E-state index is 6.09. The van der Waals surface area contributed by atoms with Crippen LogP contribution in [0.1, 0.15) is 5.56 Å². The maximum Gasteiger partial charge on any atom is 0.223 e. The van der Waals surface area contributed by atoms with Crippen molar-refractivity contribution in [2.24, 2.45) is 0 Å². The molecule has 0 saturated carbocycles. The van der Waals surface area contributed by atoms with Crippen molar-refractivity contribution < 1.29 is 13.9 Å². The first kappa shape index (κ1) is 20.0. The SMILES string of the molecule is CN(C)c1ccc(CN[C@H]2CO[C@H]3[C@@H]2OC[C@@H]3Nc2nccc(-c3ccco3)n2)cc1. The number of anilines is 2. The Morgan fingerprint density at radius 2 is 1.77 bits per heavy atom. The van der Waals surface area contributed by atoms with E-state index in [1.54, 1.807) is 12.5 Å². The average Bonchev–Trinajstić information content (AvgIpc) is 3.53. The Morgan fingerprint density at radius 3 is 2.52 bits per heavy atom. The van der Waals surface area contributed by atoms with Gasteiger partial charge >= 0.3 is 0 Å². The summed E-state index contributed by atoms with van der Waals surface area (Å²) in [4.78, 5) is 11.0. The first-order chi connectivity index (χ1) is 15.2. The van der Waals surface area contributed by atoms with Crippen molar-refractivity contribution >= 4 is 11.6 Å². The summed E-state index contributed by atoms with van der Waals surface area (Å²) in [7, 11) is 4.09. The molecular formula is C23H27N5O3. The second-order valence-electron chi connectivity index (χ2n) is 8.14. The maximum absolute atomic E-state index is 6.09. The molecule has 0 spiro atoms. The largest absolute Gasteiger partial charge is 0.463 e. The number of rotatable bonds is 7. The number of ether oxygens (including phenoxy) is 2. The molecule has 2 aromatic heterocycles. The van der Waals surface area contributed by atoms with Gasteiger partial charge in [0.1, 0.15) is 17.9 Å². The lowest BCUT2D eigenvalue weighted by Gasteiger charge is -2.19. The highest BCUT2D eigenvalue weighted by atomic mass is 16.6. The number of benzene rings is 1. The van der Waals surface area contributed by atoms with E-state index in [1.165, 1.54) is 11.3 Å². The number of nitrogens with zero attached hydrogens (tertiary/aromatic N) is 3. The van der Waals surface area contributed by atoms with E-state index in [2.05, 4.69) is 49.8 Å². The summed E-state index contributed by atoms with van der Waals surface area (Å²) in [5, 5.41) is 6.97. The zero-order valence-electron chi connectivity index (χ0n) is 17.7. The third kappa shape index (κ3) is 4.27. The van der Waals surface area contributed by atoms with Crippen LogP contribution < -0.4 is 15.5 Å². The van der Waals surface area contributed by atoms with Crippen molar-refractivity contribution in [2.45, 2.75) is 30.8 Å². The molecule has 3 aromatic rings. The van der Waals surface area contributed by atoms with Gasteiger partial charge in [0.15, 0.2) is 5.76 Å². The Bertz CT molecular complexity index is 993. The summed E-state index contributed by atoms with van der Waals surface area (Å²) in [6.45, 7) is 1.96. The monoisotopic (exact) mass is 421 g/mol. The number of nitrogens with one attached hydrogen (secondary N) is 2. The number of fused-ring (bicyclic) bond motifs is 1. The number of hydrogen-bond donors (Lipinski definition) is 2. The van der Waals surface area contributed by atoms with Crippen LogP contribution in [-0.2, 0) is 16.0 Å². The highest BCUT2D eigenvalue weighted by molar-refractivity contribution is 5.53. The van der Waals surface area contributed by atoms with Crippen molar-refractivity contribution in [3.05, 3.63) is 60.5 Å². The van der Waals surface area contributed by atoms with E-state index in [0.717, 1.165) is 12.2 Å². The molecular weight excluding hydrogens is 394 g/mol. The molecule has 0 unspecified atom stereocenters. The average molecular weight is 422 g/mol. The molecule has 2 saturated heterocycles. The van der Waals surface area contributed by atoms with Crippen LogP contribution in [-0.4, -0.2) is 61.6 Å². The summed E-state index contributed by atoms with van der Waals surface area (Å²) in [6, 6.07) is 14.3. The van der Waals surface area contributed by atoms with E-state index in [9.17, 15) is 0 Å². The third-order valence-corrected chi connectivity index (χ3v) is 5.82. The Balaban J connectivity index is 1.18. The molecule has 2 fully saturated rings. The van der Waals surface area contributed by atoms with Crippen LogP contribution in [0.3, 0.4) is 0 Å². The number of hydrogen-bond acceptors (Lipinski definition) is 8. The molecule has 4 atom stereocenters. The van der Waals surface area contributed by atoms with E-state index in [-0.39, 0.29) is 24.3 Å². The summed E-state index contributed by atoms with van der Waals surface area (Å²) < 4.78 is 17.6. The Morgan fingerprint density at radius 1 is 1.00 bits per heavy atom. The van der Waals surface area contributed by atoms with Crippen LogP contribution in [0.2, 0.25) is 0 Å². The van der Waals surface area contributed by atoms with Crippen molar-refractivity contribution in [3.63, 3.8) is 0 Å². The predicted molar refractivity (Wildman–Crippen MR) is 118 cm³/mol. The highest BCUT2D eigenvalue weighted by Crippen LogP contribution is 2.29. The van der Waals surface area contributed by atoms with Gasteiger partial charge in [-0.15, -0.1) is 0 Å². The van der Waals surface area contributed by atoms with Crippen molar-refractivity contribution in [1.82, 2.24) is 15.3 Å². The minimum absolute atomic E-state index is 0.00280. The summed E-state index contributed by atoms with van der Waals surface area (Å²) in [6.07, 6.45) is 3.33. The predicted octanol–water partition coefficient (Wildman–Crippen LogP) is 2.54. The molecule has 2 N–H and O–H groups in total. The van der Waals surface area contributed by atoms with Crippen molar-refractivity contribution in [1.29, 1.82) is 0 Å². The van der Waals surface area contributed by atoms with Gasteiger partial charge in [-0.1, -0.05) is 12.1 Å². The molecule has 8 heteroatoms. The lowest BCUT2D eigenvalue weighted by Crippen LogP contribution is -2.41. The van der Waals surface area contributed by atoms with Gasteiger partial charge in [0.25, 0.3) is 0 Å². The minimum Gasteiger partial charge on any atom is -0.463 e. The van der Waals surface area contributed by atoms with E-state index in [4.69, 9.17) is 13.9 Å².